The molecule has 1 aliphatic heterocycles. The molecule has 2 amide bonds. The molecular weight excluding hydrogens is 420 g/mol. The van der Waals surface area contributed by atoms with Crippen molar-refractivity contribution in [2.24, 2.45) is 11.3 Å². The highest BCUT2D eigenvalue weighted by atomic mass is 16.5. The smallest absolute Gasteiger partial charge is 0.407 e. The molecule has 2 unspecified atom stereocenters. The number of carboxylic acids is 1. The van der Waals surface area contributed by atoms with Crippen molar-refractivity contribution in [3.05, 3.63) is 71.8 Å². The van der Waals surface area contributed by atoms with E-state index in [-0.39, 0.29) is 43.5 Å². The number of ether oxygens (including phenoxy) is 1. The van der Waals surface area contributed by atoms with Crippen LogP contribution in [0.2, 0.25) is 0 Å². The predicted octanol–water partition coefficient (Wildman–Crippen LogP) is 3.40. The molecule has 2 aromatic rings. The number of rotatable bonds is 5. The Bertz CT molecular complexity index is 1110. The molecule has 1 heterocycles. The number of hydrogen-bond donors (Lipinski definition) is 2. The van der Waals surface area contributed by atoms with Gasteiger partial charge in [-0.05, 0) is 35.6 Å². The molecule has 2 aromatic carbocycles. The van der Waals surface area contributed by atoms with Crippen LogP contribution in [-0.2, 0) is 14.3 Å². The Kier molecular flexibility index (Phi) is 5.19. The molecule has 1 fully saturated rings. The molecular formula is C26H26N2O5. The number of aliphatic carboxylic acids is 1. The van der Waals surface area contributed by atoms with Gasteiger partial charge in [0.05, 0.1) is 17.4 Å². The summed E-state index contributed by atoms with van der Waals surface area (Å²) >= 11 is 0. The van der Waals surface area contributed by atoms with E-state index in [4.69, 9.17) is 4.74 Å². The van der Waals surface area contributed by atoms with Crippen LogP contribution in [0.4, 0.5) is 4.79 Å². The van der Waals surface area contributed by atoms with E-state index in [1.807, 2.05) is 24.3 Å². The van der Waals surface area contributed by atoms with Crippen molar-refractivity contribution in [2.45, 2.75) is 25.3 Å². The zero-order chi connectivity index (χ0) is 23.2. The highest BCUT2D eigenvalue weighted by Gasteiger charge is 2.48. The van der Waals surface area contributed by atoms with Crippen molar-refractivity contribution in [2.75, 3.05) is 19.7 Å². The monoisotopic (exact) mass is 446 g/mol. The molecule has 2 atom stereocenters. The van der Waals surface area contributed by atoms with Crippen molar-refractivity contribution >= 4 is 18.0 Å². The van der Waals surface area contributed by atoms with Gasteiger partial charge in [0, 0.05) is 19.0 Å². The fraction of sp³-hybridized carbons (Fsp3) is 0.346. The van der Waals surface area contributed by atoms with E-state index in [0.29, 0.717) is 6.42 Å². The van der Waals surface area contributed by atoms with Gasteiger partial charge in [-0.25, -0.2) is 4.79 Å². The number of nitrogens with zero attached hydrogens (tertiary/aromatic N) is 1. The Hall–Kier alpha value is -3.61. The first-order chi connectivity index (χ1) is 15.9. The molecule has 5 rings (SSSR count). The number of carbonyl (C=O) groups excluding carboxylic acids is 2. The minimum atomic E-state index is -0.886. The molecule has 0 bridgehead atoms. The van der Waals surface area contributed by atoms with Crippen LogP contribution in [-0.4, -0.2) is 53.7 Å². The van der Waals surface area contributed by atoms with Gasteiger partial charge < -0.3 is 20.1 Å². The molecule has 2 aliphatic carbocycles. The highest BCUT2D eigenvalue weighted by Crippen LogP contribution is 2.44. The van der Waals surface area contributed by atoms with Crippen molar-refractivity contribution in [1.29, 1.82) is 0 Å². The Balaban J connectivity index is 1.14. The van der Waals surface area contributed by atoms with Gasteiger partial charge in [0.25, 0.3) is 0 Å². The van der Waals surface area contributed by atoms with Gasteiger partial charge in [0.15, 0.2) is 0 Å². The summed E-state index contributed by atoms with van der Waals surface area (Å²) in [7, 11) is 0. The predicted molar refractivity (Wildman–Crippen MR) is 122 cm³/mol. The second kappa shape index (κ2) is 8.06. The molecule has 170 valence electrons. The third-order valence-corrected chi connectivity index (χ3v) is 6.96. The number of benzene rings is 2. The molecule has 1 saturated heterocycles. The molecule has 0 spiro atoms. The van der Waals surface area contributed by atoms with Gasteiger partial charge in [-0.1, -0.05) is 60.7 Å². The molecule has 3 aliphatic rings. The number of carbonyl (C=O) groups is 3. The summed E-state index contributed by atoms with van der Waals surface area (Å²) < 4.78 is 5.59. The summed E-state index contributed by atoms with van der Waals surface area (Å²) in [4.78, 5) is 37.9. The van der Waals surface area contributed by atoms with E-state index in [1.165, 1.54) is 11.1 Å². The van der Waals surface area contributed by atoms with Gasteiger partial charge >= 0.3 is 12.1 Å². The minimum Gasteiger partial charge on any atom is -0.481 e. The van der Waals surface area contributed by atoms with E-state index < -0.39 is 17.5 Å². The third kappa shape index (κ3) is 3.77. The fourth-order valence-electron chi connectivity index (χ4n) is 5.10. The quantitative estimate of drug-likeness (QED) is 0.687. The lowest BCUT2D eigenvalue weighted by molar-refractivity contribution is -0.165. The topological polar surface area (TPSA) is 95.9 Å². The van der Waals surface area contributed by atoms with Crippen LogP contribution in [0, 0.1) is 11.3 Å². The van der Waals surface area contributed by atoms with Gasteiger partial charge in [0.2, 0.25) is 5.91 Å². The summed E-state index contributed by atoms with van der Waals surface area (Å²) in [5.41, 5.74) is 3.79. The number of carboxylic acid groups (broad SMARTS) is 1. The van der Waals surface area contributed by atoms with E-state index in [9.17, 15) is 19.5 Å². The molecule has 0 radical (unpaired) electrons. The Morgan fingerprint density at radius 3 is 2.24 bits per heavy atom. The molecule has 2 N–H and O–H groups in total. The van der Waals surface area contributed by atoms with E-state index in [1.54, 1.807) is 24.0 Å². The molecule has 33 heavy (non-hydrogen) atoms. The Labute approximate surface area is 192 Å². The number of hydrogen-bond acceptors (Lipinski definition) is 4. The number of alkyl carbamates (subject to hydrolysis) is 1. The summed E-state index contributed by atoms with van der Waals surface area (Å²) in [6, 6.07) is 16.0. The van der Waals surface area contributed by atoms with Crippen LogP contribution < -0.4 is 5.32 Å². The van der Waals surface area contributed by atoms with Crippen LogP contribution in [0.5, 0.6) is 0 Å². The number of fused-ring (bicyclic) bond motifs is 3. The van der Waals surface area contributed by atoms with Gasteiger partial charge in [-0.2, -0.15) is 0 Å². The lowest BCUT2D eigenvalue weighted by Gasteiger charge is -2.45. The second-order valence-corrected chi connectivity index (χ2v) is 9.36. The average Bonchev–Trinajstić information content (AvgIpc) is 3.37. The van der Waals surface area contributed by atoms with Crippen molar-refractivity contribution < 1.29 is 24.2 Å². The van der Waals surface area contributed by atoms with E-state index in [2.05, 4.69) is 29.6 Å². The summed E-state index contributed by atoms with van der Waals surface area (Å²) in [5, 5.41) is 12.1. The Morgan fingerprint density at radius 1 is 1.03 bits per heavy atom. The standard InChI is InChI=1S/C26H26N2O5/c1-26(24(30)31)14-28(15-26)23(29)16-10-11-17(12-16)27-25(32)33-13-22-20-8-4-2-6-18(20)19-7-3-5-9-21(19)22/h2-11,16-17,22H,12-15H2,1H3,(H,27,32)(H,30,31). The average molecular weight is 447 g/mol. The molecule has 7 nitrogen and oxygen atoms in total. The summed E-state index contributed by atoms with van der Waals surface area (Å²) in [6.45, 7) is 2.32. The number of nitrogens with one attached hydrogen (secondary N) is 1. The number of likely N-dealkylation sites (tertiary alicyclic amines) is 1. The first kappa shape index (κ1) is 21.2. The van der Waals surface area contributed by atoms with E-state index in [0.717, 1.165) is 11.1 Å². The first-order valence-electron chi connectivity index (χ1n) is 11.2. The lowest BCUT2D eigenvalue weighted by atomic mass is 9.81. The first-order valence-corrected chi connectivity index (χ1v) is 11.2. The SMILES string of the molecule is CC1(C(=O)O)CN(C(=O)C2C=CC(NC(=O)OCC3c4ccccc4-c4ccccc43)C2)C1. The van der Waals surface area contributed by atoms with Crippen LogP contribution >= 0.6 is 0 Å². The van der Waals surface area contributed by atoms with Gasteiger partial charge in [-0.3, -0.25) is 9.59 Å². The lowest BCUT2D eigenvalue weighted by Crippen LogP contribution is -2.61. The van der Waals surface area contributed by atoms with Crippen molar-refractivity contribution in [3.8, 4) is 11.1 Å². The third-order valence-electron chi connectivity index (χ3n) is 6.96. The van der Waals surface area contributed by atoms with Crippen LogP contribution in [0.25, 0.3) is 11.1 Å². The van der Waals surface area contributed by atoms with Gasteiger partial charge in [0.1, 0.15) is 6.61 Å². The van der Waals surface area contributed by atoms with E-state index >= 15 is 0 Å². The highest BCUT2D eigenvalue weighted by molar-refractivity contribution is 5.86. The maximum absolute atomic E-state index is 12.6. The van der Waals surface area contributed by atoms with Crippen molar-refractivity contribution in [3.63, 3.8) is 0 Å². The van der Waals surface area contributed by atoms with Crippen LogP contribution in [0.3, 0.4) is 0 Å². The van der Waals surface area contributed by atoms with Crippen LogP contribution in [0.1, 0.15) is 30.4 Å². The normalized spacial score (nSPS) is 22.3. The maximum atomic E-state index is 12.6. The summed E-state index contributed by atoms with van der Waals surface area (Å²) in [5.74, 6) is -1.35. The minimum absolute atomic E-state index is 0.00782. The molecule has 0 aromatic heterocycles. The van der Waals surface area contributed by atoms with Gasteiger partial charge in [-0.15, -0.1) is 0 Å². The largest absolute Gasteiger partial charge is 0.481 e. The summed E-state index contributed by atoms with van der Waals surface area (Å²) in [6.07, 6.45) is 3.53. The van der Waals surface area contributed by atoms with Crippen molar-refractivity contribution in [1.82, 2.24) is 10.2 Å². The fourth-order valence-corrected chi connectivity index (χ4v) is 5.10. The zero-order valence-electron chi connectivity index (χ0n) is 18.4. The molecule has 7 heteroatoms. The Morgan fingerprint density at radius 2 is 1.64 bits per heavy atom. The maximum Gasteiger partial charge on any atom is 0.407 e. The zero-order valence-corrected chi connectivity index (χ0v) is 18.4. The second-order valence-electron chi connectivity index (χ2n) is 9.36. The molecule has 0 saturated carbocycles. The number of amides is 2. The van der Waals surface area contributed by atoms with Crippen LogP contribution in [0.15, 0.2) is 60.7 Å².